The van der Waals surface area contributed by atoms with Crippen LogP contribution in [0.2, 0.25) is 0 Å². The normalized spacial score (nSPS) is 15.6. The Hall–Kier alpha value is -3.61. The van der Waals surface area contributed by atoms with Crippen molar-refractivity contribution in [1.29, 1.82) is 0 Å². The third kappa shape index (κ3) is 4.66. The third-order valence-corrected chi connectivity index (χ3v) is 5.77. The number of hydrogen-bond donors (Lipinski definition) is 1. The first kappa shape index (κ1) is 21.6. The van der Waals surface area contributed by atoms with E-state index < -0.39 is 0 Å². The summed E-state index contributed by atoms with van der Waals surface area (Å²) in [6, 6.07) is 16.8. The molecule has 1 aliphatic rings. The summed E-state index contributed by atoms with van der Waals surface area (Å²) in [5.74, 6) is 1.49. The molecule has 2 aromatic carbocycles. The van der Waals surface area contributed by atoms with Crippen molar-refractivity contribution >= 4 is 5.91 Å². The van der Waals surface area contributed by atoms with Gasteiger partial charge in [-0.05, 0) is 37.5 Å². The molecule has 3 aromatic rings. The second kappa shape index (κ2) is 9.68. The van der Waals surface area contributed by atoms with Crippen LogP contribution in [0.25, 0.3) is 0 Å². The van der Waals surface area contributed by atoms with E-state index in [9.17, 15) is 9.59 Å². The third-order valence-electron chi connectivity index (χ3n) is 5.77. The van der Waals surface area contributed by atoms with Crippen LogP contribution < -0.4 is 15.0 Å². The van der Waals surface area contributed by atoms with Gasteiger partial charge in [-0.3, -0.25) is 9.59 Å². The summed E-state index contributed by atoms with van der Waals surface area (Å²) in [5.41, 5.74) is 2.25. The molecular formula is C25H27N3O4. The van der Waals surface area contributed by atoms with E-state index in [4.69, 9.17) is 9.47 Å². The fraction of sp³-hybridized carbons (Fsp3) is 0.320. The number of H-pyrrole nitrogens is 1. The Bertz CT molecular complexity index is 1140. The maximum Gasteiger partial charge on any atom is 0.261 e. The van der Waals surface area contributed by atoms with E-state index in [1.165, 1.54) is 0 Å². The number of benzene rings is 2. The van der Waals surface area contributed by atoms with Crippen molar-refractivity contribution in [2.24, 2.45) is 0 Å². The fourth-order valence-corrected chi connectivity index (χ4v) is 4.11. The number of aromatic nitrogens is 2. The summed E-state index contributed by atoms with van der Waals surface area (Å²) >= 11 is 0. The number of aromatic amines is 1. The minimum atomic E-state index is -0.263. The van der Waals surface area contributed by atoms with Crippen molar-refractivity contribution in [3.05, 3.63) is 87.6 Å². The van der Waals surface area contributed by atoms with Gasteiger partial charge in [-0.2, -0.15) is 0 Å². The lowest BCUT2D eigenvalue weighted by Crippen LogP contribution is -2.36. The van der Waals surface area contributed by atoms with E-state index >= 15 is 0 Å². The molecule has 7 heteroatoms. The topological polar surface area (TPSA) is 84.5 Å². The predicted molar refractivity (Wildman–Crippen MR) is 121 cm³/mol. The van der Waals surface area contributed by atoms with Crippen molar-refractivity contribution in [2.75, 3.05) is 20.3 Å². The fourth-order valence-electron chi connectivity index (χ4n) is 4.11. The van der Waals surface area contributed by atoms with E-state index in [-0.39, 0.29) is 24.1 Å². The number of hydrogen-bond acceptors (Lipinski definition) is 5. The van der Waals surface area contributed by atoms with Crippen LogP contribution in [0, 0.1) is 6.92 Å². The number of carbonyl (C=O) groups is 1. The van der Waals surface area contributed by atoms with E-state index in [0.717, 1.165) is 18.4 Å². The lowest BCUT2D eigenvalue weighted by Gasteiger charge is -2.24. The van der Waals surface area contributed by atoms with Gasteiger partial charge >= 0.3 is 0 Å². The molecule has 1 N–H and O–H groups in total. The maximum atomic E-state index is 12.9. The number of ether oxygens (including phenoxy) is 2. The summed E-state index contributed by atoms with van der Waals surface area (Å²) in [5, 5.41) is 0. The summed E-state index contributed by atoms with van der Waals surface area (Å²) < 4.78 is 11.0. The maximum absolute atomic E-state index is 12.9. The van der Waals surface area contributed by atoms with Crippen molar-refractivity contribution in [2.45, 2.75) is 32.2 Å². The summed E-state index contributed by atoms with van der Waals surface area (Å²) in [6.45, 7) is 2.35. The molecule has 1 amide bonds. The van der Waals surface area contributed by atoms with Gasteiger partial charge in [0.25, 0.3) is 11.5 Å². The van der Waals surface area contributed by atoms with Crippen LogP contribution in [0.15, 0.2) is 59.4 Å². The van der Waals surface area contributed by atoms with Crippen LogP contribution in [-0.2, 0) is 11.2 Å². The van der Waals surface area contributed by atoms with Crippen LogP contribution >= 0.6 is 0 Å². The minimum Gasteiger partial charge on any atom is -0.493 e. The van der Waals surface area contributed by atoms with Gasteiger partial charge in [-0.25, -0.2) is 4.98 Å². The van der Waals surface area contributed by atoms with Crippen molar-refractivity contribution < 1.29 is 14.3 Å². The molecule has 0 aliphatic carbocycles. The van der Waals surface area contributed by atoms with E-state index in [0.29, 0.717) is 41.5 Å². The number of para-hydroxylation sites is 2. The van der Waals surface area contributed by atoms with Crippen molar-refractivity contribution in [3.8, 4) is 11.5 Å². The van der Waals surface area contributed by atoms with E-state index in [1.807, 2.05) is 49.4 Å². The lowest BCUT2D eigenvalue weighted by atomic mass is 10.0. The second-order valence-electron chi connectivity index (χ2n) is 7.86. The van der Waals surface area contributed by atoms with Crippen LogP contribution in [0.5, 0.6) is 11.5 Å². The van der Waals surface area contributed by atoms with Gasteiger partial charge < -0.3 is 19.4 Å². The zero-order valence-corrected chi connectivity index (χ0v) is 18.3. The van der Waals surface area contributed by atoms with Gasteiger partial charge in [0, 0.05) is 24.2 Å². The lowest BCUT2D eigenvalue weighted by molar-refractivity contribution is -0.134. The molecule has 0 bridgehead atoms. The minimum absolute atomic E-state index is 0.105. The average molecular weight is 434 g/mol. The number of amides is 1. The second-order valence-corrected chi connectivity index (χ2v) is 7.86. The molecule has 1 unspecified atom stereocenters. The average Bonchev–Trinajstić information content (AvgIpc) is 3.31. The Morgan fingerprint density at radius 3 is 2.56 bits per heavy atom. The van der Waals surface area contributed by atoms with Gasteiger partial charge in [0.2, 0.25) is 0 Å². The molecule has 0 saturated carbocycles. The highest BCUT2D eigenvalue weighted by Gasteiger charge is 2.32. The highest BCUT2D eigenvalue weighted by atomic mass is 16.5. The Labute approximate surface area is 187 Å². The Kier molecular flexibility index (Phi) is 6.54. The van der Waals surface area contributed by atoms with Crippen LogP contribution in [-0.4, -0.2) is 41.0 Å². The number of carbonyl (C=O) groups excluding carboxylic acids is 1. The molecule has 1 saturated heterocycles. The summed E-state index contributed by atoms with van der Waals surface area (Å²) in [6.07, 6.45) is 2.12. The van der Waals surface area contributed by atoms with Gasteiger partial charge in [-0.15, -0.1) is 0 Å². The molecular weight excluding hydrogens is 406 g/mol. The number of methoxy groups -OCH3 is 1. The number of nitrogens with zero attached hydrogens (tertiary/aromatic N) is 2. The van der Waals surface area contributed by atoms with Gasteiger partial charge in [0.05, 0.1) is 13.2 Å². The zero-order valence-electron chi connectivity index (χ0n) is 18.3. The largest absolute Gasteiger partial charge is 0.493 e. The summed E-state index contributed by atoms with van der Waals surface area (Å²) in [4.78, 5) is 35.1. The highest BCUT2D eigenvalue weighted by Crippen LogP contribution is 2.31. The molecule has 1 fully saturated rings. The van der Waals surface area contributed by atoms with Crippen LogP contribution in [0.1, 0.15) is 41.5 Å². The smallest absolute Gasteiger partial charge is 0.261 e. The SMILES string of the molecule is COc1ccccc1OCC(=O)N1CCCC1c1nc(C)c(Cc2ccccc2)c(=O)[nH]1. The van der Waals surface area contributed by atoms with E-state index in [1.54, 1.807) is 24.1 Å². The van der Waals surface area contributed by atoms with Crippen molar-refractivity contribution in [1.82, 2.24) is 14.9 Å². The quantitative estimate of drug-likeness (QED) is 0.617. The first-order valence-electron chi connectivity index (χ1n) is 10.8. The van der Waals surface area contributed by atoms with Crippen LogP contribution in [0.3, 0.4) is 0 Å². The monoisotopic (exact) mass is 433 g/mol. The highest BCUT2D eigenvalue weighted by molar-refractivity contribution is 5.78. The molecule has 2 heterocycles. The Morgan fingerprint density at radius 1 is 1.12 bits per heavy atom. The molecule has 1 aromatic heterocycles. The molecule has 0 radical (unpaired) electrons. The first-order valence-corrected chi connectivity index (χ1v) is 10.8. The predicted octanol–water partition coefficient (Wildman–Crippen LogP) is 3.42. The standard InChI is InChI=1S/C25H27N3O4/c1-17-19(15-18-9-4-3-5-10-18)25(30)27-24(26-17)20-11-8-14-28(20)23(29)16-32-22-13-7-6-12-21(22)31-2/h3-7,9-10,12-13,20H,8,11,14-16H2,1-2H3,(H,26,27,30). The number of aryl methyl sites for hydroxylation is 1. The molecule has 0 spiro atoms. The molecule has 4 rings (SSSR count). The van der Waals surface area contributed by atoms with E-state index in [2.05, 4.69) is 9.97 Å². The van der Waals surface area contributed by atoms with Gasteiger partial charge in [0.1, 0.15) is 5.82 Å². The number of rotatable bonds is 7. The Balaban J connectivity index is 1.49. The molecule has 7 nitrogen and oxygen atoms in total. The Morgan fingerprint density at radius 2 is 1.84 bits per heavy atom. The van der Waals surface area contributed by atoms with Gasteiger partial charge in [0.15, 0.2) is 18.1 Å². The number of likely N-dealkylation sites (tertiary alicyclic amines) is 1. The molecule has 1 aliphatic heterocycles. The molecule has 1 atom stereocenters. The van der Waals surface area contributed by atoms with Crippen molar-refractivity contribution in [3.63, 3.8) is 0 Å². The number of nitrogens with one attached hydrogen (secondary N) is 1. The summed E-state index contributed by atoms with van der Waals surface area (Å²) in [7, 11) is 1.56. The molecule has 32 heavy (non-hydrogen) atoms. The molecule has 166 valence electrons. The zero-order chi connectivity index (χ0) is 22.5. The first-order chi connectivity index (χ1) is 15.6. The van der Waals surface area contributed by atoms with Gasteiger partial charge in [-0.1, -0.05) is 42.5 Å². The van der Waals surface area contributed by atoms with Crippen LogP contribution in [0.4, 0.5) is 0 Å².